The van der Waals surface area contributed by atoms with Crippen molar-refractivity contribution in [1.29, 1.82) is 0 Å². The molecular formula is C13H20N4O3. The van der Waals surface area contributed by atoms with Crippen molar-refractivity contribution < 1.29 is 9.66 Å². The largest absolute Gasteiger partial charge is 0.473 e. The van der Waals surface area contributed by atoms with Gasteiger partial charge in [0, 0.05) is 12.5 Å². The molecule has 1 heterocycles. The molecule has 1 aromatic rings. The van der Waals surface area contributed by atoms with Crippen LogP contribution in [0.25, 0.3) is 0 Å². The van der Waals surface area contributed by atoms with Crippen LogP contribution in [-0.2, 0) is 6.42 Å². The normalized spacial score (nSPS) is 14.1. The Morgan fingerprint density at radius 1 is 1.40 bits per heavy atom. The summed E-state index contributed by atoms with van der Waals surface area (Å²) in [6.45, 7) is 4.38. The molecule has 1 saturated carbocycles. The quantitative estimate of drug-likeness (QED) is 0.447. The number of nitro groups is 1. The number of hydrogen-bond donors (Lipinski definition) is 1. The van der Waals surface area contributed by atoms with E-state index in [2.05, 4.69) is 15.3 Å². The number of anilines is 1. The maximum Gasteiger partial charge on any atom is 0.372 e. The van der Waals surface area contributed by atoms with Crippen LogP contribution >= 0.6 is 0 Å². The van der Waals surface area contributed by atoms with E-state index in [0.717, 1.165) is 25.7 Å². The standard InChI is InChI=1S/C13H20N4O3/c1-3-5-8-20-13-11(17(18)19)12(14-9-6-7-9)15-10(4-2)16-13/h9H,3-8H2,1-2H3,(H,14,15,16). The molecule has 0 aliphatic heterocycles. The molecule has 0 spiro atoms. The molecule has 0 amide bonds. The van der Waals surface area contributed by atoms with E-state index in [1.54, 1.807) is 0 Å². The third kappa shape index (κ3) is 3.55. The summed E-state index contributed by atoms with van der Waals surface area (Å²) in [4.78, 5) is 19.2. The van der Waals surface area contributed by atoms with Crippen LogP contribution in [0.1, 0.15) is 45.4 Å². The lowest BCUT2D eigenvalue weighted by atomic mass is 10.3. The predicted octanol–water partition coefficient (Wildman–Crippen LogP) is 2.70. The Morgan fingerprint density at radius 3 is 2.70 bits per heavy atom. The maximum atomic E-state index is 11.3. The first kappa shape index (κ1) is 14.5. The lowest BCUT2D eigenvalue weighted by Gasteiger charge is -2.10. The second-order valence-corrected chi connectivity index (χ2v) is 4.87. The first-order chi connectivity index (χ1) is 9.65. The summed E-state index contributed by atoms with van der Waals surface area (Å²) in [6.07, 6.45) is 4.46. The molecule has 0 unspecified atom stereocenters. The number of aromatic nitrogens is 2. The van der Waals surface area contributed by atoms with Gasteiger partial charge >= 0.3 is 5.69 Å². The highest BCUT2D eigenvalue weighted by Gasteiger charge is 2.30. The SMILES string of the molecule is CCCCOc1nc(CC)nc(NC2CC2)c1[N+](=O)[O-]. The fourth-order valence-corrected chi connectivity index (χ4v) is 1.74. The number of hydrogen-bond acceptors (Lipinski definition) is 6. The number of rotatable bonds is 8. The van der Waals surface area contributed by atoms with E-state index in [0.29, 0.717) is 18.9 Å². The van der Waals surface area contributed by atoms with E-state index in [-0.39, 0.29) is 23.4 Å². The number of unbranched alkanes of at least 4 members (excludes halogenated alkanes) is 1. The minimum atomic E-state index is -0.467. The molecule has 1 N–H and O–H groups in total. The molecule has 0 radical (unpaired) electrons. The second-order valence-electron chi connectivity index (χ2n) is 4.87. The van der Waals surface area contributed by atoms with Crippen LogP contribution < -0.4 is 10.1 Å². The zero-order valence-electron chi connectivity index (χ0n) is 11.9. The van der Waals surface area contributed by atoms with E-state index in [9.17, 15) is 10.1 Å². The highest BCUT2D eigenvalue weighted by molar-refractivity contribution is 5.62. The third-order valence-electron chi connectivity index (χ3n) is 3.05. The molecule has 1 fully saturated rings. The van der Waals surface area contributed by atoms with Gasteiger partial charge in [0.05, 0.1) is 11.5 Å². The van der Waals surface area contributed by atoms with E-state index < -0.39 is 4.92 Å². The van der Waals surface area contributed by atoms with E-state index in [4.69, 9.17) is 4.74 Å². The Hall–Kier alpha value is -1.92. The van der Waals surface area contributed by atoms with Crippen molar-refractivity contribution in [2.75, 3.05) is 11.9 Å². The summed E-state index contributed by atoms with van der Waals surface area (Å²) >= 11 is 0. The molecule has 7 heteroatoms. The first-order valence-corrected chi connectivity index (χ1v) is 7.10. The average molecular weight is 280 g/mol. The van der Waals surface area contributed by atoms with Crippen molar-refractivity contribution in [3.05, 3.63) is 15.9 Å². The number of nitrogens with one attached hydrogen (secondary N) is 1. The topological polar surface area (TPSA) is 90.2 Å². The molecule has 0 aromatic carbocycles. The summed E-state index contributed by atoms with van der Waals surface area (Å²) in [5.41, 5.74) is -0.148. The minimum Gasteiger partial charge on any atom is -0.473 e. The molecule has 0 saturated heterocycles. The van der Waals surface area contributed by atoms with E-state index in [1.807, 2.05) is 13.8 Å². The van der Waals surface area contributed by atoms with Crippen LogP contribution in [0.15, 0.2) is 0 Å². The Balaban J connectivity index is 2.31. The van der Waals surface area contributed by atoms with Gasteiger partial charge in [-0.1, -0.05) is 20.3 Å². The molecule has 110 valence electrons. The number of aryl methyl sites for hydroxylation is 1. The summed E-state index contributed by atoms with van der Waals surface area (Å²) in [6, 6.07) is 0.289. The van der Waals surface area contributed by atoms with Gasteiger partial charge in [0.15, 0.2) is 0 Å². The number of ether oxygens (including phenoxy) is 1. The van der Waals surface area contributed by atoms with Crippen molar-refractivity contribution in [3.63, 3.8) is 0 Å². The lowest BCUT2D eigenvalue weighted by molar-refractivity contribution is -0.385. The van der Waals surface area contributed by atoms with Crippen molar-refractivity contribution in [1.82, 2.24) is 9.97 Å². The minimum absolute atomic E-state index is 0.0819. The van der Waals surface area contributed by atoms with Gasteiger partial charge in [-0.3, -0.25) is 10.1 Å². The highest BCUT2D eigenvalue weighted by atomic mass is 16.6. The molecular weight excluding hydrogens is 260 g/mol. The first-order valence-electron chi connectivity index (χ1n) is 7.10. The van der Waals surface area contributed by atoms with Crippen molar-refractivity contribution in [2.45, 2.75) is 52.0 Å². The van der Waals surface area contributed by atoms with Crippen molar-refractivity contribution in [2.24, 2.45) is 0 Å². The zero-order chi connectivity index (χ0) is 14.5. The summed E-state index contributed by atoms with van der Waals surface area (Å²) in [5.74, 6) is 0.930. The fourth-order valence-electron chi connectivity index (χ4n) is 1.74. The van der Waals surface area contributed by atoms with Crippen molar-refractivity contribution >= 4 is 11.5 Å². The summed E-state index contributed by atoms with van der Waals surface area (Å²) < 4.78 is 5.49. The molecule has 20 heavy (non-hydrogen) atoms. The highest BCUT2D eigenvalue weighted by Crippen LogP contribution is 2.35. The van der Waals surface area contributed by atoms with Gasteiger partial charge in [-0.25, -0.2) is 4.98 Å². The summed E-state index contributed by atoms with van der Waals surface area (Å²) in [7, 11) is 0. The second kappa shape index (κ2) is 6.49. The Bertz CT molecular complexity index is 489. The predicted molar refractivity (Wildman–Crippen MR) is 75.1 cm³/mol. The monoisotopic (exact) mass is 280 g/mol. The Labute approximate surface area is 117 Å². The van der Waals surface area contributed by atoms with E-state index >= 15 is 0 Å². The van der Waals surface area contributed by atoms with Gasteiger partial charge < -0.3 is 10.1 Å². The van der Waals surface area contributed by atoms with Gasteiger partial charge in [0.25, 0.3) is 5.88 Å². The zero-order valence-corrected chi connectivity index (χ0v) is 11.9. The van der Waals surface area contributed by atoms with Crippen LogP contribution in [0.4, 0.5) is 11.5 Å². The molecule has 2 rings (SSSR count). The van der Waals surface area contributed by atoms with Crippen LogP contribution in [-0.4, -0.2) is 27.5 Å². The fraction of sp³-hybridized carbons (Fsp3) is 0.692. The Kier molecular flexibility index (Phi) is 4.70. The average Bonchev–Trinajstić information content (AvgIpc) is 3.22. The smallest absolute Gasteiger partial charge is 0.372 e. The van der Waals surface area contributed by atoms with Gasteiger partial charge in [0.2, 0.25) is 5.82 Å². The van der Waals surface area contributed by atoms with E-state index in [1.165, 1.54) is 0 Å². The number of nitrogens with zero attached hydrogens (tertiary/aromatic N) is 3. The van der Waals surface area contributed by atoms with Gasteiger partial charge in [-0.2, -0.15) is 4.98 Å². The van der Waals surface area contributed by atoms with Gasteiger partial charge in [0.1, 0.15) is 5.82 Å². The van der Waals surface area contributed by atoms with Gasteiger partial charge in [-0.05, 0) is 19.3 Å². The molecule has 1 aliphatic rings. The lowest BCUT2D eigenvalue weighted by Crippen LogP contribution is -2.12. The summed E-state index contributed by atoms with van der Waals surface area (Å²) in [5, 5.41) is 14.4. The van der Waals surface area contributed by atoms with Crippen molar-refractivity contribution in [3.8, 4) is 5.88 Å². The molecule has 1 aliphatic carbocycles. The van der Waals surface area contributed by atoms with Crippen LogP contribution in [0, 0.1) is 10.1 Å². The molecule has 0 atom stereocenters. The molecule has 7 nitrogen and oxygen atoms in total. The molecule has 0 bridgehead atoms. The van der Waals surface area contributed by atoms with Crippen LogP contribution in [0.5, 0.6) is 5.88 Å². The maximum absolute atomic E-state index is 11.3. The Morgan fingerprint density at radius 2 is 2.15 bits per heavy atom. The molecule has 1 aromatic heterocycles. The van der Waals surface area contributed by atoms with Crippen LogP contribution in [0.2, 0.25) is 0 Å². The van der Waals surface area contributed by atoms with Crippen LogP contribution in [0.3, 0.4) is 0 Å². The van der Waals surface area contributed by atoms with Gasteiger partial charge in [-0.15, -0.1) is 0 Å². The third-order valence-corrected chi connectivity index (χ3v) is 3.05.